The van der Waals surface area contributed by atoms with Crippen molar-refractivity contribution in [3.63, 3.8) is 0 Å². The Morgan fingerprint density at radius 3 is 0.789 bits per heavy atom. The first-order valence-corrected chi connectivity index (χ1v) is 18.1. The molecule has 0 nitrogen and oxygen atoms in total. The molecule has 0 aliphatic heterocycles. The zero-order valence-electron chi connectivity index (χ0n) is 27.1. The van der Waals surface area contributed by atoms with E-state index in [1.54, 1.807) is 3.57 Å². The van der Waals surface area contributed by atoms with Gasteiger partial charge in [-0.3, -0.25) is 0 Å². The highest BCUT2D eigenvalue weighted by molar-refractivity contribution is 7.20. The van der Waals surface area contributed by atoms with Crippen LogP contribution in [-0.2, 0) is 0 Å². The van der Waals surface area contributed by atoms with Gasteiger partial charge in [0.2, 0.25) is 0 Å². The van der Waals surface area contributed by atoms with E-state index >= 15 is 35.1 Å². The quantitative estimate of drug-likeness (QED) is 0.0530. The second kappa shape index (κ2) is 15.7. The van der Waals surface area contributed by atoms with Crippen molar-refractivity contribution in [2.24, 2.45) is 0 Å². The Morgan fingerprint density at radius 2 is 0.526 bits per heavy atom. The molecule has 300 valence electrons. The van der Waals surface area contributed by atoms with Crippen molar-refractivity contribution in [3.8, 4) is 0 Å². The number of hydrogen-bond acceptors (Lipinski definition) is 0. The maximum absolute atomic E-state index is 15.4. The van der Waals surface area contributed by atoms with Gasteiger partial charge in [-0.1, -0.05) is 30.3 Å². The van der Waals surface area contributed by atoms with Gasteiger partial charge in [0, 0.05) is 5.39 Å². The third-order valence-electron chi connectivity index (χ3n) is 8.65. The second-order valence-corrected chi connectivity index (χ2v) is 13.7. The summed E-state index contributed by atoms with van der Waals surface area (Å²) in [5, 5.41) is 2.81. The first-order chi connectivity index (χ1) is 26.6. The van der Waals surface area contributed by atoms with Crippen molar-refractivity contribution in [1.82, 2.24) is 0 Å². The third kappa shape index (κ3) is 6.42. The van der Waals surface area contributed by atoms with Crippen molar-refractivity contribution in [1.29, 1.82) is 0 Å². The van der Waals surface area contributed by atoms with Gasteiger partial charge in [0.1, 0.15) is 57.6 Å². The molecule has 0 atom stereocenters. The first-order valence-electron chi connectivity index (χ1n) is 14.8. The summed E-state index contributed by atoms with van der Waals surface area (Å²) in [4.78, 5) is 2.31. The second-order valence-electron chi connectivity index (χ2n) is 11.5. The minimum atomic E-state index is -7.22. The van der Waals surface area contributed by atoms with Crippen LogP contribution < -0.4 is 43.1 Å². The Balaban J connectivity index is 0.000000436. The van der Waals surface area contributed by atoms with E-state index in [1.165, 1.54) is 10.8 Å². The van der Waals surface area contributed by atoms with E-state index in [2.05, 4.69) is 47.4 Å². The molecule has 0 saturated carbocycles. The number of hydrogen-bond donors (Lipinski definition) is 0. The summed E-state index contributed by atoms with van der Waals surface area (Å²) >= 11 is 0.207. The minimum Gasteiger partial charge on any atom is -0.207 e. The molecule has 0 aromatic heterocycles. The van der Waals surface area contributed by atoms with Crippen LogP contribution >= 0.6 is 0 Å². The molecule has 6 aromatic carbocycles. The molecule has 0 amide bonds. The Kier molecular flexibility index (Phi) is 11.9. The molecular formula is C35H10BF20I. The molecule has 0 unspecified atom stereocenters. The van der Waals surface area contributed by atoms with Gasteiger partial charge in [0.15, 0.2) is 73.4 Å². The fraction of sp³-hybridized carbons (Fsp3) is 0.0286. The van der Waals surface area contributed by atoms with Gasteiger partial charge in [-0.2, -0.15) is 0 Å². The molecule has 0 N–H and O–H groups in total. The van der Waals surface area contributed by atoms with Crippen molar-refractivity contribution >= 4 is 38.8 Å². The van der Waals surface area contributed by atoms with Crippen LogP contribution in [0.2, 0.25) is 0 Å². The first kappa shape index (κ1) is 43.1. The highest BCUT2D eigenvalue weighted by atomic mass is 127. The van der Waals surface area contributed by atoms with Gasteiger partial charge in [-0.15, -0.1) is 21.9 Å². The van der Waals surface area contributed by atoms with Gasteiger partial charge in [0.05, 0.1) is 0 Å². The van der Waals surface area contributed by atoms with E-state index in [0.29, 0.717) is 0 Å². The number of benzene rings is 6. The zero-order valence-corrected chi connectivity index (χ0v) is 29.2. The fourth-order valence-corrected chi connectivity index (χ4v) is 7.86. The van der Waals surface area contributed by atoms with E-state index in [1.807, 2.05) is 0 Å². The van der Waals surface area contributed by atoms with Gasteiger partial charge < -0.3 is 0 Å². The molecular weight excluding hydrogens is 938 g/mol. The topological polar surface area (TPSA) is 0 Å². The summed E-state index contributed by atoms with van der Waals surface area (Å²) < 4.78 is 295. The molecule has 0 aliphatic rings. The van der Waals surface area contributed by atoms with Crippen LogP contribution in [0.5, 0.6) is 0 Å². The predicted molar refractivity (Wildman–Crippen MR) is 158 cm³/mol. The van der Waals surface area contributed by atoms with Crippen molar-refractivity contribution in [3.05, 3.63) is 162 Å². The molecule has 0 saturated heterocycles. The van der Waals surface area contributed by atoms with E-state index < -0.39 is 144 Å². The third-order valence-corrected chi connectivity index (χ3v) is 10.7. The molecule has 0 heterocycles. The molecule has 6 rings (SSSR count). The highest BCUT2D eigenvalue weighted by Gasteiger charge is 2.52. The monoisotopic (exact) mass is 948 g/mol. The van der Waals surface area contributed by atoms with Crippen LogP contribution in [0.1, 0.15) is 0 Å². The Hall–Kier alpha value is -5.03. The van der Waals surface area contributed by atoms with E-state index in [4.69, 9.17) is 0 Å². The molecule has 0 bridgehead atoms. The van der Waals surface area contributed by atoms with Crippen LogP contribution in [0.3, 0.4) is 0 Å². The maximum Gasteiger partial charge on any atom is 0.310 e. The molecule has 0 aliphatic carbocycles. The number of alkyl halides is 1. The van der Waals surface area contributed by atoms with Crippen molar-refractivity contribution in [2.75, 3.05) is 4.93 Å². The van der Waals surface area contributed by atoms with Crippen molar-refractivity contribution in [2.45, 2.75) is 0 Å². The Bertz CT molecular complexity index is 2240. The normalized spacial score (nSPS) is 11.7. The lowest BCUT2D eigenvalue weighted by Crippen LogP contribution is -3.60. The average Bonchev–Trinajstić information content (AvgIpc) is 3.20. The summed E-state index contributed by atoms with van der Waals surface area (Å²) in [6.07, 6.45) is -7.22. The average molecular weight is 948 g/mol. The zero-order chi connectivity index (χ0) is 42.7. The summed E-state index contributed by atoms with van der Waals surface area (Å²) in [5.74, 6) is -71.4. The highest BCUT2D eigenvalue weighted by Crippen LogP contribution is 2.30. The lowest BCUT2D eigenvalue weighted by Gasteiger charge is -2.44. The lowest BCUT2D eigenvalue weighted by molar-refractivity contribution is -0.595. The van der Waals surface area contributed by atoms with Crippen LogP contribution in [0.15, 0.2) is 42.5 Å². The number of halogens is 21. The Morgan fingerprint density at radius 1 is 0.298 bits per heavy atom. The van der Waals surface area contributed by atoms with Gasteiger partial charge >= 0.3 is 21.2 Å². The molecule has 0 fully saturated rings. The van der Waals surface area contributed by atoms with Crippen LogP contribution in [0.4, 0.5) is 87.8 Å². The molecule has 57 heavy (non-hydrogen) atoms. The van der Waals surface area contributed by atoms with Gasteiger partial charge in [-0.25, -0.2) is 87.8 Å². The maximum atomic E-state index is 15.4. The number of rotatable bonds is 5. The van der Waals surface area contributed by atoms with E-state index in [9.17, 15) is 52.7 Å². The lowest BCUT2D eigenvalue weighted by atomic mass is 9.12. The summed E-state index contributed by atoms with van der Waals surface area (Å²) in [5.41, 5.74) is -14.3. The molecule has 0 spiro atoms. The SMILES string of the molecule is C[I+]c1cccc2ccccc12.Fc1c(F)c(F)c([B-](c2c(F)c(F)c(F)c(F)c2F)(c2c(F)c(F)c(F)c(F)c2F)c2c(F)c(F)c(F)c(F)c2F)c(F)c1F. The molecule has 22 heteroatoms. The van der Waals surface area contributed by atoms with Gasteiger partial charge in [-0.05, 0) is 17.5 Å². The number of fused-ring (bicyclic) bond motifs is 1. The van der Waals surface area contributed by atoms with E-state index in [0.717, 1.165) is 0 Å². The Labute approximate surface area is 314 Å². The summed E-state index contributed by atoms with van der Waals surface area (Å²) in [6.45, 7) is 0. The summed E-state index contributed by atoms with van der Waals surface area (Å²) in [6, 6.07) is 15.2. The summed E-state index contributed by atoms with van der Waals surface area (Å²) in [7, 11) is 0. The van der Waals surface area contributed by atoms with E-state index in [-0.39, 0.29) is 21.2 Å². The minimum absolute atomic E-state index is 0.207. The van der Waals surface area contributed by atoms with Crippen LogP contribution in [0.25, 0.3) is 10.8 Å². The standard InChI is InChI=1S/C24BF20.C11H10I/c26-5-1(6(27)14(35)21(42)13(5)34)25(2-7(28)15(36)22(43)16(37)8(2)29,3-9(30)17(38)23(44)18(39)10(3)31)4-11(32)19(40)24(45)20(41)12(4)33;1-12-11-8-4-6-9-5-2-3-7-10(9)11/h;2-8H,1H3/q-1;+1. The molecule has 0 radical (unpaired) electrons. The van der Waals surface area contributed by atoms with Crippen molar-refractivity contribution < 1.29 is 109 Å². The van der Waals surface area contributed by atoms with Gasteiger partial charge in [0.25, 0.3) is 0 Å². The fourth-order valence-electron chi connectivity index (χ4n) is 6.22. The van der Waals surface area contributed by atoms with Crippen LogP contribution in [-0.4, -0.2) is 11.1 Å². The predicted octanol–water partition coefficient (Wildman–Crippen LogP) is 5.57. The smallest absolute Gasteiger partial charge is 0.207 e. The molecule has 6 aromatic rings. The largest absolute Gasteiger partial charge is 0.310 e. The van der Waals surface area contributed by atoms with Crippen LogP contribution in [0, 0.1) is 120 Å².